The van der Waals surface area contributed by atoms with Crippen LogP contribution in [0.4, 0.5) is 0 Å². The van der Waals surface area contributed by atoms with E-state index in [1.165, 1.54) is 19.3 Å². The zero-order chi connectivity index (χ0) is 15.3. The number of carbonyl (C=O) groups is 1. The van der Waals surface area contributed by atoms with Crippen molar-refractivity contribution in [2.45, 2.75) is 85.0 Å². The number of carbonyl (C=O) groups excluding carboxylic acids is 1. The zero-order valence-corrected chi connectivity index (χ0v) is 13.7. The molecule has 3 heteroatoms. The molecule has 120 valence electrons. The molecule has 0 bridgehead atoms. The van der Waals surface area contributed by atoms with Crippen molar-refractivity contribution in [1.82, 2.24) is 0 Å². The van der Waals surface area contributed by atoms with Crippen LogP contribution >= 0.6 is 0 Å². The standard InChI is InChI=1S/C17H34O3/c1-4-7-8-9-10-11-16(19)20-15-17(14-18,12-5-2)13-6-3/h18H,4-15H2,1-3H3. The summed E-state index contributed by atoms with van der Waals surface area (Å²) in [5, 5.41) is 9.63. The van der Waals surface area contributed by atoms with Gasteiger partial charge in [-0.15, -0.1) is 0 Å². The molecular weight excluding hydrogens is 252 g/mol. The number of rotatable bonds is 13. The molecular formula is C17H34O3. The first kappa shape index (κ1) is 19.4. The fourth-order valence-corrected chi connectivity index (χ4v) is 2.71. The minimum atomic E-state index is -0.221. The number of hydrogen-bond donors (Lipinski definition) is 1. The van der Waals surface area contributed by atoms with Crippen molar-refractivity contribution in [2.24, 2.45) is 5.41 Å². The summed E-state index contributed by atoms with van der Waals surface area (Å²) in [7, 11) is 0. The van der Waals surface area contributed by atoms with Crippen LogP contribution in [0.3, 0.4) is 0 Å². The summed E-state index contributed by atoms with van der Waals surface area (Å²) in [5.41, 5.74) is -0.221. The lowest BCUT2D eigenvalue weighted by Gasteiger charge is -2.30. The predicted molar refractivity (Wildman–Crippen MR) is 83.7 cm³/mol. The molecule has 0 unspecified atom stereocenters. The summed E-state index contributed by atoms with van der Waals surface area (Å²) >= 11 is 0. The van der Waals surface area contributed by atoms with Crippen LogP contribution in [0.5, 0.6) is 0 Å². The van der Waals surface area contributed by atoms with E-state index in [0.29, 0.717) is 13.0 Å². The van der Waals surface area contributed by atoms with Gasteiger partial charge in [0.1, 0.15) is 0 Å². The normalized spacial score (nSPS) is 11.6. The van der Waals surface area contributed by atoms with Crippen molar-refractivity contribution in [3.63, 3.8) is 0 Å². The maximum atomic E-state index is 11.7. The number of ether oxygens (including phenoxy) is 1. The Balaban J connectivity index is 3.98. The van der Waals surface area contributed by atoms with E-state index < -0.39 is 0 Å². The van der Waals surface area contributed by atoms with E-state index in [1.807, 2.05) is 0 Å². The smallest absolute Gasteiger partial charge is 0.305 e. The summed E-state index contributed by atoms with van der Waals surface area (Å²) in [6, 6.07) is 0. The maximum Gasteiger partial charge on any atom is 0.305 e. The first-order valence-electron chi connectivity index (χ1n) is 8.40. The highest BCUT2D eigenvalue weighted by atomic mass is 16.5. The Morgan fingerprint density at radius 2 is 1.55 bits per heavy atom. The molecule has 20 heavy (non-hydrogen) atoms. The van der Waals surface area contributed by atoms with Gasteiger partial charge in [0, 0.05) is 11.8 Å². The van der Waals surface area contributed by atoms with Crippen molar-refractivity contribution >= 4 is 5.97 Å². The molecule has 0 radical (unpaired) electrons. The second-order valence-electron chi connectivity index (χ2n) is 5.98. The number of esters is 1. The highest BCUT2D eigenvalue weighted by Gasteiger charge is 2.29. The lowest BCUT2D eigenvalue weighted by Crippen LogP contribution is -2.32. The van der Waals surface area contributed by atoms with Crippen LogP contribution in [-0.2, 0) is 9.53 Å². The molecule has 0 aliphatic heterocycles. The van der Waals surface area contributed by atoms with E-state index in [-0.39, 0.29) is 18.0 Å². The Morgan fingerprint density at radius 3 is 2.05 bits per heavy atom. The molecule has 0 atom stereocenters. The van der Waals surface area contributed by atoms with Crippen molar-refractivity contribution < 1.29 is 14.6 Å². The molecule has 3 nitrogen and oxygen atoms in total. The van der Waals surface area contributed by atoms with E-state index in [0.717, 1.165) is 38.5 Å². The van der Waals surface area contributed by atoms with Gasteiger partial charge in [-0.25, -0.2) is 0 Å². The second kappa shape index (κ2) is 12.2. The van der Waals surface area contributed by atoms with Crippen molar-refractivity contribution in [3.05, 3.63) is 0 Å². The van der Waals surface area contributed by atoms with Gasteiger partial charge in [0.15, 0.2) is 0 Å². The second-order valence-corrected chi connectivity index (χ2v) is 5.98. The van der Waals surface area contributed by atoms with Gasteiger partial charge >= 0.3 is 5.97 Å². The molecule has 1 N–H and O–H groups in total. The van der Waals surface area contributed by atoms with Gasteiger partial charge in [-0.1, -0.05) is 59.3 Å². The molecule has 0 aromatic heterocycles. The summed E-state index contributed by atoms with van der Waals surface area (Å²) in [5.74, 6) is -0.105. The van der Waals surface area contributed by atoms with E-state index >= 15 is 0 Å². The molecule has 0 saturated heterocycles. The average molecular weight is 286 g/mol. The first-order chi connectivity index (χ1) is 9.64. The van der Waals surface area contributed by atoms with Crippen LogP contribution in [0.15, 0.2) is 0 Å². The Hall–Kier alpha value is -0.570. The van der Waals surface area contributed by atoms with Crippen LogP contribution in [0.2, 0.25) is 0 Å². The first-order valence-corrected chi connectivity index (χ1v) is 8.40. The number of hydrogen-bond acceptors (Lipinski definition) is 3. The third-order valence-electron chi connectivity index (χ3n) is 3.92. The molecule has 0 saturated carbocycles. The van der Waals surface area contributed by atoms with Crippen molar-refractivity contribution in [2.75, 3.05) is 13.2 Å². The summed E-state index contributed by atoms with van der Waals surface area (Å²) in [4.78, 5) is 11.7. The lowest BCUT2D eigenvalue weighted by atomic mass is 9.81. The Kier molecular flexibility index (Phi) is 11.8. The monoisotopic (exact) mass is 286 g/mol. The van der Waals surface area contributed by atoms with Crippen LogP contribution in [0, 0.1) is 5.41 Å². The van der Waals surface area contributed by atoms with Gasteiger partial charge < -0.3 is 9.84 Å². The number of aliphatic hydroxyl groups is 1. The Morgan fingerprint density at radius 1 is 0.950 bits per heavy atom. The van der Waals surface area contributed by atoms with E-state index in [2.05, 4.69) is 20.8 Å². The van der Waals surface area contributed by atoms with Gasteiger partial charge in [-0.2, -0.15) is 0 Å². The predicted octanol–water partition coefficient (Wildman–Crippen LogP) is 4.47. The molecule has 0 aromatic rings. The van der Waals surface area contributed by atoms with Crippen LogP contribution in [-0.4, -0.2) is 24.3 Å². The lowest BCUT2D eigenvalue weighted by molar-refractivity contribution is -0.149. The van der Waals surface area contributed by atoms with Gasteiger partial charge in [-0.3, -0.25) is 4.79 Å². The van der Waals surface area contributed by atoms with Crippen LogP contribution in [0.1, 0.15) is 85.0 Å². The van der Waals surface area contributed by atoms with Crippen LogP contribution in [0.25, 0.3) is 0 Å². The van der Waals surface area contributed by atoms with E-state index in [1.54, 1.807) is 0 Å². The molecule has 0 aliphatic carbocycles. The van der Waals surface area contributed by atoms with Gasteiger partial charge in [0.05, 0.1) is 13.2 Å². The fraction of sp³-hybridized carbons (Fsp3) is 0.941. The minimum Gasteiger partial charge on any atom is -0.465 e. The highest BCUT2D eigenvalue weighted by Crippen LogP contribution is 2.30. The van der Waals surface area contributed by atoms with Crippen molar-refractivity contribution in [3.8, 4) is 0 Å². The minimum absolute atomic E-state index is 0.105. The highest BCUT2D eigenvalue weighted by molar-refractivity contribution is 5.69. The SMILES string of the molecule is CCCCCCCC(=O)OCC(CO)(CCC)CCC. The van der Waals surface area contributed by atoms with E-state index in [4.69, 9.17) is 4.74 Å². The Labute approximate surface area is 125 Å². The molecule has 0 fully saturated rings. The van der Waals surface area contributed by atoms with Crippen LogP contribution < -0.4 is 0 Å². The third kappa shape index (κ3) is 8.57. The quantitative estimate of drug-likeness (QED) is 0.401. The zero-order valence-electron chi connectivity index (χ0n) is 13.7. The third-order valence-corrected chi connectivity index (χ3v) is 3.92. The maximum absolute atomic E-state index is 11.7. The molecule has 0 spiro atoms. The summed E-state index contributed by atoms with van der Waals surface area (Å²) in [6.45, 7) is 6.88. The van der Waals surface area contributed by atoms with E-state index in [9.17, 15) is 9.90 Å². The molecule has 0 heterocycles. The molecule has 0 rings (SSSR count). The topological polar surface area (TPSA) is 46.5 Å². The van der Waals surface area contributed by atoms with Gasteiger partial charge in [0.25, 0.3) is 0 Å². The number of aliphatic hydroxyl groups excluding tert-OH is 1. The average Bonchev–Trinajstić information content (AvgIpc) is 2.45. The summed E-state index contributed by atoms with van der Waals surface area (Å²) in [6.07, 6.45) is 10.1. The molecule has 0 amide bonds. The molecule has 0 aromatic carbocycles. The Bertz CT molecular complexity index is 232. The van der Waals surface area contributed by atoms with Gasteiger partial charge in [-0.05, 0) is 19.3 Å². The molecule has 0 aliphatic rings. The van der Waals surface area contributed by atoms with Crippen molar-refractivity contribution in [1.29, 1.82) is 0 Å². The fourth-order valence-electron chi connectivity index (χ4n) is 2.71. The number of unbranched alkanes of at least 4 members (excludes halogenated alkanes) is 4. The summed E-state index contributed by atoms with van der Waals surface area (Å²) < 4.78 is 5.41. The largest absolute Gasteiger partial charge is 0.465 e. The van der Waals surface area contributed by atoms with Gasteiger partial charge in [0.2, 0.25) is 0 Å².